The number of aryl methyl sites for hydroxylation is 2. The van der Waals surface area contributed by atoms with E-state index in [1.807, 2.05) is 55.7 Å². The Morgan fingerprint density at radius 2 is 1.68 bits per heavy atom. The van der Waals surface area contributed by atoms with Crippen molar-refractivity contribution in [1.29, 1.82) is 0 Å². The summed E-state index contributed by atoms with van der Waals surface area (Å²) in [7, 11) is 0. The first kappa shape index (κ1) is 27.3. The predicted molar refractivity (Wildman–Crippen MR) is 158 cm³/mol. The van der Waals surface area contributed by atoms with Crippen LogP contribution < -0.4 is 15.0 Å². The summed E-state index contributed by atoms with van der Waals surface area (Å²) in [5, 5.41) is 3.09. The molecule has 0 aliphatic carbocycles. The molecule has 9 heteroatoms. The average molecular weight is 574 g/mol. The molecule has 5 rings (SSSR count). The van der Waals surface area contributed by atoms with Crippen molar-refractivity contribution >= 4 is 52.5 Å². The fourth-order valence-electron chi connectivity index (χ4n) is 4.57. The Morgan fingerprint density at radius 3 is 2.38 bits per heavy atom. The van der Waals surface area contributed by atoms with Crippen LogP contribution >= 0.6 is 23.8 Å². The quantitative estimate of drug-likeness (QED) is 0.160. The van der Waals surface area contributed by atoms with Crippen molar-refractivity contribution in [3.05, 3.63) is 117 Å². The second-order valence-corrected chi connectivity index (χ2v) is 10.2. The minimum atomic E-state index is -0.564. The van der Waals surface area contributed by atoms with E-state index >= 15 is 0 Å². The fraction of sp³-hybridized carbons (Fsp3) is 0.129. The number of amides is 2. The lowest BCUT2D eigenvalue weighted by molar-refractivity contribution is -0.122. The molecule has 202 valence electrons. The van der Waals surface area contributed by atoms with Crippen LogP contribution in [0.5, 0.6) is 5.75 Å². The molecule has 1 aliphatic rings. The smallest absolute Gasteiger partial charge is 0.270 e. The number of carbonyl (C=O) groups excluding carboxylic acids is 2. The fourth-order valence-corrected chi connectivity index (χ4v) is 5.02. The van der Waals surface area contributed by atoms with Crippen LogP contribution in [0.3, 0.4) is 0 Å². The summed E-state index contributed by atoms with van der Waals surface area (Å²) in [5.41, 5.74) is 5.10. The second-order valence-electron chi connectivity index (χ2n) is 9.43. The van der Waals surface area contributed by atoms with Gasteiger partial charge in [0.15, 0.2) is 5.11 Å². The molecule has 40 heavy (non-hydrogen) atoms. The van der Waals surface area contributed by atoms with Gasteiger partial charge in [-0.3, -0.25) is 19.8 Å². The third kappa shape index (κ3) is 5.28. The maximum Gasteiger partial charge on any atom is 0.270 e. The Morgan fingerprint density at radius 1 is 0.975 bits per heavy atom. The Bertz CT molecular complexity index is 1690. The Hall–Kier alpha value is -4.27. The van der Waals surface area contributed by atoms with Gasteiger partial charge in [-0.05, 0) is 98.7 Å². The van der Waals surface area contributed by atoms with Crippen molar-refractivity contribution in [2.24, 2.45) is 0 Å². The molecule has 3 aromatic carbocycles. The Kier molecular flexibility index (Phi) is 7.56. The third-order valence-corrected chi connectivity index (χ3v) is 7.42. The molecule has 1 N–H and O–H groups in total. The van der Waals surface area contributed by atoms with E-state index in [-0.39, 0.29) is 23.1 Å². The van der Waals surface area contributed by atoms with Crippen LogP contribution in [0.25, 0.3) is 11.8 Å². The first-order chi connectivity index (χ1) is 19.1. The first-order valence-electron chi connectivity index (χ1n) is 12.5. The maximum atomic E-state index is 13.9. The van der Waals surface area contributed by atoms with E-state index < -0.39 is 11.8 Å². The zero-order valence-corrected chi connectivity index (χ0v) is 23.6. The van der Waals surface area contributed by atoms with Crippen molar-refractivity contribution in [3.8, 4) is 11.4 Å². The summed E-state index contributed by atoms with van der Waals surface area (Å²) in [6, 6.07) is 21.0. The highest BCUT2D eigenvalue weighted by molar-refractivity contribution is 7.80. The zero-order chi connectivity index (χ0) is 28.6. The number of nitrogens with zero attached hydrogens (tertiary/aromatic N) is 2. The van der Waals surface area contributed by atoms with E-state index in [1.165, 1.54) is 11.0 Å². The molecule has 0 radical (unpaired) electrons. The summed E-state index contributed by atoms with van der Waals surface area (Å²) in [6.45, 7) is 5.83. The van der Waals surface area contributed by atoms with Crippen molar-refractivity contribution in [2.75, 3.05) is 4.90 Å². The molecule has 1 aliphatic heterocycles. The van der Waals surface area contributed by atoms with E-state index in [0.29, 0.717) is 27.6 Å². The van der Waals surface area contributed by atoms with E-state index in [4.69, 9.17) is 28.6 Å². The molecule has 0 unspecified atom stereocenters. The van der Waals surface area contributed by atoms with E-state index in [2.05, 4.69) is 5.32 Å². The number of ether oxygens (including phenoxy) is 1. The summed E-state index contributed by atoms with van der Waals surface area (Å²) in [5.74, 6) is -0.800. The number of thiocarbonyl (C=S) groups is 1. The van der Waals surface area contributed by atoms with Crippen molar-refractivity contribution < 1.29 is 18.7 Å². The number of anilines is 1. The number of hydrogen-bond donors (Lipinski definition) is 1. The van der Waals surface area contributed by atoms with Gasteiger partial charge in [0, 0.05) is 27.7 Å². The molecule has 0 atom stereocenters. The lowest BCUT2D eigenvalue weighted by Crippen LogP contribution is -2.54. The van der Waals surface area contributed by atoms with E-state index in [0.717, 1.165) is 22.6 Å². The SMILES string of the molecule is Cc1ccc(N2C(=O)/C(=C/c3cc(C)n(-c4ccc(OCc5ccccc5F)cc4)c3C)C(=O)NC2=S)cc1Cl. The molecule has 1 aromatic heterocycles. The molecule has 4 aromatic rings. The standard InChI is InChI=1S/C31H25ClFN3O3S/c1-18-8-9-24(16-27(18)32)36-30(38)26(29(37)34-31(36)40)15-22-14-19(2)35(20(22)3)23-10-12-25(13-11-23)39-17-21-6-4-5-7-28(21)33/h4-16H,17H2,1-3H3,(H,34,37,40)/b26-15+. The predicted octanol–water partition coefficient (Wildman–Crippen LogP) is 6.61. The van der Waals surface area contributed by atoms with Crippen molar-refractivity contribution in [3.63, 3.8) is 0 Å². The highest BCUT2D eigenvalue weighted by Crippen LogP contribution is 2.29. The van der Waals surface area contributed by atoms with Gasteiger partial charge in [-0.1, -0.05) is 35.9 Å². The summed E-state index contributed by atoms with van der Waals surface area (Å²) >= 11 is 11.6. The Labute approximate surface area is 241 Å². The third-order valence-electron chi connectivity index (χ3n) is 6.73. The number of hydrogen-bond acceptors (Lipinski definition) is 4. The van der Waals surface area contributed by atoms with Crippen LogP contribution in [0.1, 0.15) is 28.1 Å². The summed E-state index contributed by atoms with van der Waals surface area (Å²) in [4.78, 5) is 27.6. The molecular weight excluding hydrogens is 549 g/mol. The average Bonchev–Trinajstić information content (AvgIpc) is 3.20. The normalized spacial score (nSPS) is 14.6. The summed E-state index contributed by atoms with van der Waals surface area (Å²) < 4.78 is 21.7. The number of benzene rings is 3. The molecule has 0 spiro atoms. The molecule has 2 amide bonds. The minimum Gasteiger partial charge on any atom is -0.489 e. The van der Waals surface area contributed by atoms with Crippen LogP contribution in [0.15, 0.2) is 78.4 Å². The number of carbonyl (C=O) groups is 2. The molecule has 6 nitrogen and oxygen atoms in total. The molecule has 0 bridgehead atoms. The van der Waals surface area contributed by atoms with E-state index in [1.54, 1.807) is 42.5 Å². The first-order valence-corrected chi connectivity index (χ1v) is 13.3. The molecule has 0 saturated carbocycles. The van der Waals surface area contributed by atoms with Gasteiger partial charge >= 0.3 is 0 Å². The van der Waals surface area contributed by atoms with Gasteiger partial charge in [-0.25, -0.2) is 4.39 Å². The zero-order valence-electron chi connectivity index (χ0n) is 22.0. The molecule has 2 heterocycles. The number of halogens is 2. The van der Waals surface area contributed by atoms with Gasteiger partial charge in [0.1, 0.15) is 23.7 Å². The van der Waals surface area contributed by atoms with Gasteiger partial charge in [0.05, 0.1) is 5.69 Å². The van der Waals surface area contributed by atoms with Gasteiger partial charge in [0.25, 0.3) is 11.8 Å². The maximum absolute atomic E-state index is 13.9. The van der Waals surface area contributed by atoms with Gasteiger partial charge < -0.3 is 9.30 Å². The largest absolute Gasteiger partial charge is 0.489 e. The highest BCUT2D eigenvalue weighted by Gasteiger charge is 2.35. The number of rotatable bonds is 6. The Balaban J connectivity index is 1.41. The molecule has 1 fully saturated rings. The van der Waals surface area contributed by atoms with Crippen molar-refractivity contribution in [2.45, 2.75) is 27.4 Å². The van der Waals surface area contributed by atoms with Gasteiger partial charge in [0.2, 0.25) is 0 Å². The lowest BCUT2D eigenvalue weighted by Gasteiger charge is -2.29. The molecule has 1 saturated heterocycles. The minimum absolute atomic E-state index is 0.00477. The lowest BCUT2D eigenvalue weighted by atomic mass is 10.1. The number of nitrogens with one attached hydrogen (secondary N) is 1. The van der Waals surface area contributed by atoms with Crippen LogP contribution in [0.4, 0.5) is 10.1 Å². The van der Waals surface area contributed by atoms with Crippen LogP contribution in [-0.4, -0.2) is 21.5 Å². The van der Waals surface area contributed by atoms with Crippen LogP contribution in [0, 0.1) is 26.6 Å². The monoisotopic (exact) mass is 573 g/mol. The van der Waals surface area contributed by atoms with Gasteiger partial charge in [-0.15, -0.1) is 0 Å². The highest BCUT2D eigenvalue weighted by atomic mass is 35.5. The van der Waals surface area contributed by atoms with Crippen molar-refractivity contribution in [1.82, 2.24) is 9.88 Å². The number of aromatic nitrogens is 1. The summed E-state index contributed by atoms with van der Waals surface area (Å²) in [6.07, 6.45) is 1.58. The van der Waals surface area contributed by atoms with Crippen LogP contribution in [0.2, 0.25) is 5.02 Å². The molecular formula is C31H25ClFN3O3S. The topological polar surface area (TPSA) is 63.6 Å². The van der Waals surface area contributed by atoms with Gasteiger partial charge in [-0.2, -0.15) is 0 Å². The van der Waals surface area contributed by atoms with E-state index in [9.17, 15) is 14.0 Å². The van der Waals surface area contributed by atoms with Crippen LogP contribution in [-0.2, 0) is 16.2 Å². The second kappa shape index (κ2) is 11.1.